The molecule has 0 amide bonds. The minimum Gasteiger partial charge on any atom is -0.483 e. The van der Waals surface area contributed by atoms with Crippen LogP contribution < -0.4 is 9.47 Å². The summed E-state index contributed by atoms with van der Waals surface area (Å²) in [6.45, 7) is 3.46. The molecule has 0 unspecified atom stereocenters. The van der Waals surface area contributed by atoms with Crippen molar-refractivity contribution in [3.05, 3.63) is 59.2 Å². The lowest BCUT2D eigenvalue weighted by Crippen LogP contribution is -2.25. The smallest absolute Gasteiger partial charge is 0.344 e. The summed E-state index contributed by atoms with van der Waals surface area (Å²) in [7, 11) is 0. The molecule has 31 heavy (non-hydrogen) atoms. The van der Waals surface area contributed by atoms with Gasteiger partial charge in [-0.2, -0.15) is 0 Å². The number of esters is 1. The quantitative estimate of drug-likeness (QED) is 0.450. The molecule has 1 saturated carbocycles. The maximum atomic E-state index is 12.4. The molecule has 4 rings (SSSR count). The van der Waals surface area contributed by atoms with Gasteiger partial charge in [-0.05, 0) is 44.2 Å². The van der Waals surface area contributed by atoms with Crippen molar-refractivity contribution in [1.82, 2.24) is 0 Å². The predicted molar refractivity (Wildman–Crippen MR) is 118 cm³/mol. The SMILES string of the molecule is CC1(C)Cc2cccc(OCC(=O)OCC(=O)c3ccc(C4CCCCC4)cc3)c2O1. The molecule has 1 aliphatic heterocycles. The molecular weight excluding hydrogens is 392 g/mol. The number of carbonyl (C=O) groups is 2. The van der Waals surface area contributed by atoms with Crippen molar-refractivity contribution in [2.24, 2.45) is 0 Å². The molecular formula is C26H30O5. The van der Waals surface area contributed by atoms with Gasteiger partial charge >= 0.3 is 5.97 Å². The summed E-state index contributed by atoms with van der Waals surface area (Å²) in [5.74, 6) is 0.997. The van der Waals surface area contributed by atoms with Crippen molar-refractivity contribution in [2.75, 3.05) is 13.2 Å². The minimum absolute atomic E-state index is 0.214. The van der Waals surface area contributed by atoms with E-state index >= 15 is 0 Å². The van der Waals surface area contributed by atoms with Gasteiger partial charge in [0.1, 0.15) is 5.60 Å². The number of carbonyl (C=O) groups excluding carboxylic acids is 2. The first-order valence-electron chi connectivity index (χ1n) is 11.1. The van der Waals surface area contributed by atoms with Gasteiger partial charge in [0, 0.05) is 17.5 Å². The van der Waals surface area contributed by atoms with E-state index in [1.807, 2.05) is 50.2 Å². The molecule has 0 radical (unpaired) electrons. The summed E-state index contributed by atoms with van der Waals surface area (Å²) in [6, 6.07) is 13.4. The van der Waals surface area contributed by atoms with Crippen molar-refractivity contribution >= 4 is 11.8 Å². The fourth-order valence-electron chi connectivity index (χ4n) is 4.49. The second-order valence-electron chi connectivity index (χ2n) is 9.11. The van der Waals surface area contributed by atoms with Gasteiger partial charge in [0.2, 0.25) is 0 Å². The standard InChI is InChI=1S/C26H30O5/c1-26(2)15-21-9-6-10-23(25(21)31-26)29-17-24(28)30-16-22(27)20-13-11-19(12-14-20)18-7-4-3-5-8-18/h6,9-14,18H,3-5,7-8,15-17H2,1-2H3. The van der Waals surface area contributed by atoms with Crippen LogP contribution in [0.5, 0.6) is 11.5 Å². The van der Waals surface area contributed by atoms with Crippen molar-refractivity contribution in [1.29, 1.82) is 0 Å². The van der Waals surface area contributed by atoms with Crippen molar-refractivity contribution in [3.8, 4) is 11.5 Å². The average molecular weight is 423 g/mol. The maximum absolute atomic E-state index is 12.4. The number of hydrogen-bond acceptors (Lipinski definition) is 5. The van der Waals surface area contributed by atoms with Gasteiger partial charge in [0.15, 0.2) is 30.5 Å². The highest BCUT2D eigenvalue weighted by molar-refractivity contribution is 5.98. The number of fused-ring (bicyclic) bond motifs is 1. The van der Waals surface area contributed by atoms with Gasteiger partial charge in [0.25, 0.3) is 0 Å². The number of ether oxygens (including phenoxy) is 3. The fourth-order valence-corrected chi connectivity index (χ4v) is 4.49. The molecule has 1 fully saturated rings. The highest BCUT2D eigenvalue weighted by atomic mass is 16.6. The number of ketones is 1. The van der Waals surface area contributed by atoms with Gasteiger partial charge in [-0.15, -0.1) is 0 Å². The van der Waals surface area contributed by atoms with Crippen molar-refractivity contribution in [3.63, 3.8) is 0 Å². The molecule has 0 saturated heterocycles. The van der Waals surface area contributed by atoms with E-state index in [9.17, 15) is 9.59 Å². The molecule has 1 heterocycles. The molecule has 5 nitrogen and oxygen atoms in total. The van der Waals surface area contributed by atoms with E-state index in [4.69, 9.17) is 14.2 Å². The Labute approximate surface area is 183 Å². The van der Waals surface area contributed by atoms with Crippen LogP contribution in [0.2, 0.25) is 0 Å². The lowest BCUT2D eigenvalue weighted by molar-refractivity contribution is -0.144. The third-order valence-corrected chi connectivity index (χ3v) is 6.07. The monoisotopic (exact) mass is 422 g/mol. The van der Waals surface area contributed by atoms with E-state index < -0.39 is 5.97 Å². The molecule has 0 aromatic heterocycles. The second kappa shape index (κ2) is 9.13. The van der Waals surface area contributed by atoms with Crippen molar-refractivity contribution in [2.45, 2.75) is 63.9 Å². The summed E-state index contributed by atoms with van der Waals surface area (Å²) in [4.78, 5) is 24.5. The van der Waals surface area contributed by atoms with Gasteiger partial charge < -0.3 is 14.2 Å². The van der Waals surface area contributed by atoms with E-state index in [0.717, 1.165) is 12.0 Å². The molecule has 5 heteroatoms. The Bertz CT molecular complexity index is 939. The van der Waals surface area contributed by atoms with Crippen LogP contribution in [-0.4, -0.2) is 30.6 Å². The molecule has 2 aromatic carbocycles. The molecule has 2 aliphatic rings. The predicted octanol–water partition coefficient (Wildman–Crippen LogP) is 5.25. The second-order valence-corrected chi connectivity index (χ2v) is 9.11. The largest absolute Gasteiger partial charge is 0.483 e. The van der Waals surface area contributed by atoms with Gasteiger partial charge in [0.05, 0.1) is 0 Å². The Kier molecular flexibility index (Phi) is 6.30. The first-order valence-corrected chi connectivity index (χ1v) is 11.1. The number of rotatable bonds is 7. The zero-order chi connectivity index (χ0) is 21.8. The normalized spacial score (nSPS) is 17.5. The van der Waals surface area contributed by atoms with Gasteiger partial charge in [-0.25, -0.2) is 4.79 Å². The zero-order valence-corrected chi connectivity index (χ0v) is 18.3. The van der Waals surface area contributed by atoms with Crippen LogP contribution in [-0.2, 0) is 16.0 Å². The Hall–Kier alpha value is -2.82. The van der Waals surface area contributed by atoms with Crippen LogP contribution in [0.25, 0.3) is 0 Å². The molecule has 2 aromatic rings. The molecule has 0 N–H and O–H groups in total. The summed E-state index contributed by atoms with van der Waals surface area (Å²) >= 11 is 0. The van der Waals surface area contributed by atoms with Crippen LogP contribution in [0, 0.1) is 0 Å². The molecule has 1 aliphatic carbocycles. The lowest BCUT2D eigenvalue weighted by Gasteiger charge is -2.22. The van der Waals surface area contributed by atoms with E-state index in [2.05, 4.69) is 0 Å². The van der Waals surface area contributed by atoms with E-state index in [0.29, 0.717) is 23.0 Å². The summed E-state index contributed by atoms with van der Waals surface area (Å²) < 4.78 is 16.7. The first-order chi connectivity index (χ1) is 14.9. The zero-order valence-electron chi connectivity index (χ0n) is 18.3. The highest BCUT2D eigenvalue weighted by Gasteiger charge is 2.32. The van der Waals surface area contributed by atoms with Crippen LogP contribution in [0.1, 0.15) is 73.4 Å². The van der Waals surface area contributed by atoms with Crippen LogP contribution in [0.4, 0.5) is 0 Å². The number of hydrogen-bond donors (Lipinski definition) is 0. The van der Waals surface area contributed by atoms with Crippen LogP contribution in [0.15, 0.2) is 42.5 Å². The van der Waals surface area contributed by atoms with Gasteiger partial charge in [-0.3, -0.25) is 4.79 Å². The topological polar surface area (TPSA) is 61.8 Å². The lowest BCUT2D eigenvalue weighted by atomic mass is 9.84. The Morgan fingerprint density at radius 2 is 1.74 bits per heavy atom. The summed E-state index contributed by atoms with van der Waals surface area (Å²) in [5.41, 5.74) is 2.62. The number of Topliss-reactive ketones (excluding diaryl/α,β-unsaturated/α-hetero) is 1. The summed E-state index contributed by atoms with van der Waals surface area (Å²) in [6.07, 6.45) is 7.10. The van der Waals surface area contributed by atoms with E-state index in [1.54, 1.807) is 6.07 Å². The number of para-hydroxylation sites is 1. The molecule has 0 atom stereocenters. The Morgan fingerprint density at radius 3 is 2.48 bits per heavy atom. The number of benzene rings is 2. The first kappa shape index (κ1) is 21.4. The molecule has 0 bridgehead atoms. The minimum atomic E-state index is -0.581. The maximum Gasteiger partial charge on any atom is 0.344 e. The molecule has 0 spiro atoms. The van der Waals surface area contributed by atoms with Crippen LogP contribution in [0.3, 0.4) is 0 Å². The Balaban J connectivity index is 1.26. The highest BCUT2D eigenvalue weighted by Crippen LogP contribution is 2.41. The third kappa shape index (κ3) is 5.27. The van der Waals surface area contributed by atoms with Crippen LogP contribution >= 0.6 is 0 Å². The van der Waals surface area contributed by atoms with E-state index in [-0.39, 0.29) is 24.6 Å². The average Bonchev–Trinajstić information content (AvgIpc) is 3.11. The third-order valence-electron chi connectivity index (χ3n) is 6.07. The van der Waals surface area contributed by atoms with E-state index in [1.165, 1.54) is 37.7 Å². The fraction of sp³-hybridized carbons (Fsp3) is 0.462. The van der Waals surface area contributed by atoms with Gasteiger partial charge in [-0.1, -0.05) is 55.7 Å². The van der Waals surface area contributed by atoms with Crippen molar-refractivity contribution < 1.29 is 23.8 Å². The summed E-state index contributed by atoms with van der Waals surface area (Å²) in [5, 5.41) is 0. The molecule has 164 valence electrons. The Morgan fingerprint density at radius 1 is 1.00 bits per heavy atom.